The third kappa shape index (κ3) is 14.0. The Bertz CT molecular complexity index is 565. The predicted octanol–water partition coefficient (Wildman–Crippen LogP) is 6.64. The van der Waals surface area contributed by atoms with E-state index in [1.807, 2.05) is 6.92 Å². The van der Waals surface area contributed by atoms with Crippen LogP contribution < -0.4 is 5.32 Å². The monoisotopic (exact) mass is 481 g/mol. The Balaban J connectivity index is 2.12. The first kappa shape index (κ1) is 30.4. The standard InChI is InChI=1S/C28H51NO5/c1-4-6-7-8-9-10-11-12-13-14-15-16-17-18-19-20-23(33-27(31)22-26(30)29-3)21-25-24(5-2)28(32)34-25/h23-25H,4-22H2,1-3H3,(H,29,30)/t23-,24-,25-/m0/s1. The predicted molar refractivity (Wildman–Crippen MR) is 136 cm³/mol. The molecule has 1 N–H and O–H groups in total. The number of ether oxygens (including phenoxy) is 2. The summed E-state index contributed by atoms with van der Waals surface area (Å²) in [4.78, 5) is 35.1. The van der Waals surface area contributed by atoms with Crippen LogP contribution in [-0.4, -0.2) is 37.1 Å². The van der Waals surface area contributed by atoms with Gasteiger partial charge in [0.15, 0.2) is 0 Å². The molecule has 3 atom stereocenters. The molecule has 198 valence electrons. The Morgan fingerprint density at radius 3 is 1.79 bits per heavy atom. The van der Waals surface area contributed by atoms with E-state index in [0.717, 1.165) is 25.7 Å². The molecule has 0 saturated carbocycles. The number of carbonyl (C=O) groups is 3. The fraction of sp³-hybridized carbons (Fsp3) is 0.893. The number of amides is 1. The van der Waals surface area contributed by atoms with Crippen LogP contribution in [0, 0.1) is 5.92 Å². The Hall–Kier alpha value is -1.59. The highest BCUT2D eigenvalue weighted by molar-refractivity contribution is 5.94. The van der Waals surface area contributed by atoms with E-state index in [2.05, 4.69) is 12.2 Å². The van der Waals surface area contributed by atoms with Gasteiger partial charge in [-0.15, -0.1) is 0 Å². The zero-order valence-corrected chi connectivity index (χ0v) is 22.2. The summed E-state index contributed by atoms with van der Waals surface area (Å²) in [5.74, 6) is -1.11. The van der Waals surface area contributed by atoms with Gasteiger partial charge in [0.1, 0.15) is 18.6 Å². The summed E-state index contributed by atoms with van der Waals surface area (Å²) in [5.41, 5.74) is 0. The van der Waals surface area contributed by atoms with E-state index in [0.29, 0.717) is 6.42 Å². The van der Waals surface area contributed by atoms with E-state index in [9.17, 15) is 14.4 Å². The normalized spacial score (nSPS) is 18.1. The lowest BCUT2D eigenvalue weighted by Crippen LogP contribution is -2.46. The van der Waals surface area contributed by atoms with E-state index in [1.54, 1.807) is 0 Å². The molecule has 0 unspecified atom stereocenters. The van der Waals surface area contributed by atoms with Crippen molar-refractivity contribution < 1.29 is 23.9 Å². The maximum Gasteiger partial charge on any atom is 0.315 e. The third-order valence-corrected chi connectivity index (χ3v) is 6.97. The zero-order valence-electron chi connectivity index (χ0n) is 22.2. The number of carbonyl (C=O) groups excluding carboxylic acids is 3. The molecule has 0 radical (unpaired) electrons. The van der Waals surface area contributed by atoms with Crippen LogP contribution in [0.15, 0.2) is 0 Å². The van der Waals surface area contributed by atoms with Crippen molar-refractivity contribution in [2.45, 2.75) is 148 Å². The van der Waals surface area contributed by atoms with Crippen molar-refractivity contribution in [1.29, 1.82) is 0 Å². The van der Waals surface area contributed by atoms with Crippen molar-refractivity contribution in [3.8, 4) is 0 Å². The van der Waals surface area contributed by atoms with Gasteiger partial charge in [0, 0.05) is 13.5 Å². The molecule has 1 amide bonds. The van der Waals surface area contributed by atoms with Crippen LogP contribution in [0.5, 0.6) is 0 Å². The molecule has 6 nitrogen and oxygen atoms in total. The van der Waals surface area contributed by atoms with Gasteiger partial charge < -0.3 is 14.8 Å². The second-order valence-corrected chi connectivity index (χ2v) is 9.93. The average molecular weight is 482 g/mol. The number of rotatable bonds is 22. The lowest BCUT2D eigenvalue weighted by molar-refractivity contribution is -0.189. The lowest BCUT2D eigenvalue weighted by Gasteiger charge is -2.36. The molecule has 0 aromatic carbocycles. The topological polar surface area (TPSA) is 81.7 Å². The Kier molecular flexibility index (Phi) is 17.6. The van der Waals surface area contributed by atoms with E-state index < -0.39 is 5.97 Å². The second-order valence-electron chi connectivity index (χ2n) is 9.93. The first-order chi connectivity index (χ1) is 16.5. The highest BCUT2D eigenvalue weighted by atomic mass is 16.6. The summed E-state index contributed by atoms with van der Waals surface area (Å²) in [7, 11) is 1.50. The van der Waals surface area contributed by atoms with E-state index >= 15 is 0 Å². The minimum Gasteiger partial charge on any atom is -0.462 e. The number of nitrogens with one attached hydrogen (secondary N) is 1. The maximum atomic E-state index is 12.1. The number of hydrogen-bond donors (Lipinski definition) is 1. The largest absolute Gasteiger partial charge is 0.462 e. The fourth-order valence-electron chi connectivity index (χ4n) is 4.71. The molecule has 1 saturated heterocycles. The minimum atomic E-state index is -0.510. The minimum absolute atomic E-state index is 0.0961. The Labute approximate surface area is 208 Å². The summed E-state index contributed by atoms with van der Waals surface area (Å²) < 4.78 is 10.9. The highest BCUT2D eigenvalue weighted by Gasteiger charge is 2.42. The summed E-state index contributed by atoms with van der Waals surface area (Å²) in [6, 6.07) is 0. The Morgan fingerprint density at radius 2 is 1.35 bits per heavy atom. The van der Waals surface area contributed by atoms with Gasteiger partial charge in [-0.25, -0.2) is 0 Å². The van der Waals surface area contributed by atoms with E-state index in [4.69, 9.17) is 9.47 Å². The maximum absolute atomic E-state index is 12.1. The van der Waals surface area contributed by atoms with Gasteiger partial charge in [0.25, 0.3) is 0 Å². The molecule has 1 fully saturated rings. The third-order valence-electron chi connectivity index (χ3n) is 6.97. The molecular formula is C28H51NO5. The van der Waals surface area contributed by atoms with Crippen LogP contribution in [-0.2, 0) is 23.9 Å². The lowest BCUT2D eigenvalue weighted by atomic mass is 9.89. The van der Waals surface area contributed by atoms with Crippen molar-refractivity contribution >= 4 is 17.8 Å². The van der Waals surface area contributed by atoms with Gasteiger partial charge in [-0.1, -0.05) is 104 Å². The molecule has 1 aliphatic heterocycles. The van der Waals surface area contributed by atoms with Crippen LogP contribution in [0.2, 0.25) is 0 Å². The van der Waals surface area contributed by atoms with Gasteiger partial charge in [0.2, 0.25) is 5.91 Å². The van der Waals surface area contributed by atoms with Crippen LogP contribution in [0.3, 0.4) is 0 Å². The molecule has 0 aliphatic carbocycles. The van der Waals surface area contributed by atoms with Gasteiger partial charge in [-0.05, 0) is 19.3 Å². The Morgan fingerprint density at radius 1 is 0.853 bits per heavy atom. The van der Waals surface area contributed by atoms with Crippen LogP contribution >= 0.6 is 0 Å². The van der Waals surface area contributed by atoms with Crippen molar-refractivity contribution in [3.05, 3.63) is 0 Å². The first-order valence-electron chi connectivity index (χ1n) is 14.1. The second kappa shape index (κ2) is 19.7. The molecular weight excluding hydrogens is 430 g/mol. The molecule has 34 heavy (non-hydrogen) atoms. The van der Waals surface area contributed by atoms with Gasteiger partial charge in [-0.2, -0.15) is 0 Å². The number of cyclic esters (lactones) is 1. The van der Waals surface area contributed by atoms with Crippen molar-refractivity contribution in [2.75, 3.05) is 7.05 Å². The zero-order chi connectivity index (χ0) is 25.0. The van der Waals surface area contributed by atoms with Gasteiger partial charge in [-0.3, -0.25) is 14.4 Å². The van der Waals surface area contributed by atoms with Crippen molar-refractivity contribution in [2.24, 2.45) is 5.92 Å². The average Bonchev–Trinajstić information content (AvgIpc) is 2.81. The van der Waals surface area contributed by atoms with Crippen molar-refractivity contribution in [3.63, 3.8) is 0 Å². The van der Waals surface area contributed by atoms with Gasteiger partial charge in [0.05, 0.1) is 5.92 Å². The van der Waals surface area contributed by atoms with Crippen molar-refractivity contribution in [1.82, 2.24) is 5.32 Å². The fourth-order valence-corrected chi connectivity index (χ4v) is 4.71. The molecule has 1 rings (SSSR count). The molecule has 0 bridgehead atoms. The van der Waals surface area contributed by atoms with Crippen LogP contribution in [0.4, 0.5) is 0 Å². The molecule has 6 heteroatoms. The van der Waals surface area contributed by atoms with E-state index in [1.165, 1.54) is 90.5 Å². The number of unbranched alkanes of at least 4 members (excludes halogenated alkanes) is 14. The summed E-state index contributed by atoms with van der Waals surface area (Å²) in [6.07, 6.45) is 20.9. The summed E-state index contributed by atoms with van der Waals surface area (Å²) in [5, 5.41) is 2.44. The molecule has 1 aliphatic rings. The van der Waals surface area contributed by atoms with Crippen LogP contribution in [0.1, 0.15) is 136 Å². The molecule has 0 aromatic heterocycles. The number of esters is 2. The van der Waals surface area contributed by atoms with E-state index in [-0.39, 0.29) is 36.4 Å². The molecule has 1 heterocycles. The SMILES string of the molecule is CCCCCCCCCCCCCCCCC[C@@H](C[C@@H]1OC(=O)[C@H]1CC)OC(=O)CC(=O)NC. The quantitative estimate of drug-likeness (QED) is 0.106. The summed E-state index contributed by atoms with van der Waals surface area (Å²) in [6.45, 7) is 4.24. The first-order valence-corrected chi connectivity index (χ1v) is 14.1. The summed E-state index contributed by atoms with van der Waals surface area (Å²) >= 11 is 0. The highest BCUT2D eigenvalue weighted by Crippen LogP contribution is 2.31. The van der Waals surface area contributed by atoms with Gasteiger partial charge >= 0.3 is 11.9 Å². The molecule has 0 aromatic rings. The number of hydrogen-bond acceptors (Lipinski definition) is 5. The van der Waals surface area contributed by atoms with Crippen LogP contribution in [0.25, 0.3) is 0 Å². The molecule has 0 spiro atoms. The smallest absolute Gasteiger partial charge is 0.315 e.